The highest BCUT2D eigenvalue weighted by Crippen LogP contribution is 2.33. The first-order valence-corrected chi connectivity index (χ1v) is 8.40. The van der Waals surface area contributed by atoms with Gasteiger partial charge in [-0.1, -0.05) is 18.2 Å². The van der Waals surface area contributed by atoms with Crippen LogP contribution in [0, 0.1) is 0 Å². The molecule has 0 aliphatic carbocycles. The predicted octanol–water partition coefficient (Wildman–Crippen LogP) is 2.13. The van der Waals surface area contributed by atoms with Crippen LogP contribution in [-0.2, 0) is 21.2 Å². The maximum Gasteiger partial charge on any atom is 0.307 e. The quantitative estimate of drug-likeness (QED) is 0.792. The molecular weight excluding hydrogens is 334 g/mol. The molecule has 0 unspecified atom stereocenters. The lowest BCUT2D eigenvalue weighted by molar-refractivity contribution is -0.136. The number of carboxylic acids is 1. The van der Waals surface area contributed by atoms with Gasteiger partial charge >= 0.3 is 5.97 Å². The predicted molar refractivity (Wildman–Crippen MR) is 88.1 cm³/mol. The third-order valence-corrected chi connectivity index (χ3v) is 4.69. The standard InChI is InChI=1S/C16H17NO6S/c1-22-13-8-11(9-16(18)19)15(10-14(13)23-2)24(20,21)17-12-6-4-3-5-7-12/h3-8,10,17H,9H2,1-2H3,(H,18,19). The second kappa shape index (κ2) is 7.22. The Kier molecular flexibility index (Phi) is 5.30. The summed E-state index contributed by atoms with van der Waals surface area (Å²) >= 11 is 0. The highest BCUT2D eigenvalue weighted by Gasteiger charge is 2.23. The monoisotopic (exact) mass is 351 g/mol. The van der Waals surface area contributed by atoms with Crippen molar-refractivity contribution in [3.05, 3.63) is 48.0 Å². The van der Waals surface area contributed by atoms with E-state index in [1.54, 1.807) is 30.3 Å². The van der Waals surface area contributed by atoms with Gasteiger partial charge in [0.05, 0.1) is 25.5 Å². The van der Waals surface area contributed by atoms with Gasteiger partial charge in [-0.15, -0.1) is 0 Å². The summed E-state index contributed by atoms with van der Waals surface area (Å²) in [7, 11) is -1.24. The smallest absolute Gasteiger partial charge is 0.307 e. The molecule has 0 aliphatic heterocycles. The molecule has 0 heterocycles. The van der Waals surface area contributed by atoms with Gasteiger partial charge in [0.2, 0.25) is 0 Å². The lowest BCUT2D eigenvalue weighted by Crippen LogP contribution is -2.17. The molecule has 0 aliphatic rings. The van der Waals surface area contributed by atoms with Crippen LogP contribution in [0.1, 0.15) is 5.56 Å². The Morgan fingerprint density at radius 1 is 1.08 bits per heavy atom. The largest absolute Gasteiger partial charge is 0.493 e. The van der Waals surface area contributed by atoms with E-state index in [1.807, 2.05) is 0 Å². The second-order valence-electron chi connectivity index (χ2n) is 4.86. The van der Waals surface area contributed by atoms with Gasteiger partial charge in [0.15, 0.2) is 11.5 Å². The van der Waals surface area contributed by atoms with Crippen molar-refractivity contribution in [3.63, 3.8) is 0 Å². The van der Waals surface area contributed by atoms with E-state index in [0.717, 1.165) is 0 Å². The molecule has 2 rings (SSSR count). The van der Waals surface area contributed by atoms with Gasteiger partial charge in [-0.25, -0.2) is 8.42 Å². The van der Waals surface area contributed by atoms with Crippen molar-refractivity contribution < 1.29 is 27.8 Å². The summed E-state index contributed by atoms with van der Waals surface area (Å²) in [6.45, 7) is 0. The SMILES string of the molecule is COc1cc(CC(=O)O)c(S(=O)(=O)Nc2ccccc2)cc1OC. The highest BCUT2D eigenvalue weighted by molar-refractivity contribution is 7.92. The van der Waals surface area contributed by atoms with Crippen molar-refractivity contribution in [2.24, 2.45) is 0 Å². The van der Waals surface area contributed by atoms with Crippen LogP contribution in [0.5, 0.6) is 11.5 Å². The van der Waals surface area contributed by atoms with E-state index in [2.05, 4.69) is 4.72 Å². The number of anilines is 1. The molecule has 2 aromatic rings. The fourth-order valence-corrected chi connectivity index (χ4v) is 3.46. The van der Waals surface area contributed by atoms with Crippen LogP contribution in [0.25, 0.3) is 0 Å². The third kappa shape index (κ3) is 3.96. The van der Waals surface area contributed by atoms with E-state index < -0.39 is 22.4 Å². The highest BCUT2D eigenvalue weighted by atomic mass is 32.2. The summed E-state index contributed by atoms with van der Waals surface area (Å²) in [5.74, 6) is -0.703. The maximum atomic E-state index is 12.7. The van der Waals surface area contributed by atoms with Crippen molar-refractivity contribution in [2.75, 3.05) is 18.9 Å². The number of methoxy groups -OCH3 is 2. The fourth-order valence-electron chi connectivity index (χ4n) is 2.17. The number of carboxylic acid groups (broad SMARTS) is 1. The number of nitrogens with one attached hydrogen (secondary N) is 1. The molecule has 8 heteroatoms. The Morgan fingerprint density at radius 2 is 1.67 bits per heavy atom. The van der Waals surface area contributed by atoms with E-state index in [0.29, 0.717) is 5.69 Å². The summed E-state index contributed by atoms with van der Waals surface area (Å²) in [4.78, 5) is 10.9. The average Bonchev–Trinajstić information content (AvgIpc) is 2.54. The van der Waals surface area contributed by atoms with E-state index >= 15 is 0 Å². The topological polar surface area (TPSA) is 102 Å². The molecule has 0 atom stereocenters. The Bertz CT molecular complexity index is 833. The first-order chi connectivity index (χ1) is 11.4. The number of aliphatic carboxylic acids is 1. The first kappa shape index (κ1) is 17.6. The van der Waals surface area contributed by atoms with Crippen molar-refractivity contribution in [3.8, 4) is 11.5 Å². The van der Waals surface area contributed by atoms with E-state index in [9.17, 15) is 13.2 Å². The molecule has 2 N–H and O–H groups in total. The van der Waals surface area contributed by atoms with Gasteiger partial charge in [-0.05, 0) is 23.8 Å². The zero-order valence-corrected chi connectivity index (χ0v) is 14.0. The number of sulfonamides is 1. The lowest BCUT2D eigenvalue weighted by atomic mass is 10.1. The van der Waals surface area contributed by atoms with E-state index in [1.165, 1.54) is 26.4 Å². The lowest BCUT2D eigenvalue weighted by Gasteiger charge is -2.15. The van der Waals surface area contributed by atoms with Crippen LogP contribution in [0.2, 0.25) is 0 Å². The minimum atomic E-state index is -4.00. The fraction of sp³-hybridized carbons (Fsp3) is 0.188. The first-order valence-electron chi connectivity index (χ1n) is 6.92. The Labute approximate surface area is 139 Å². The molecule has 0 bridgehead atoms. The number of hydrogen-bond donors (Lipinski definition) is 2. The van der Waals surface area contributed by atoms with Crippen LogP contribution in [-0.4, -0.2) is 33.7 Å². The summed E-state index contributed by atoms with van der Waals surface area (Å²) in [5, 5.41) is 9.05. The summed E-state index contributed by atoms with van der Waals surface area (Å²) in [6, 6.07) is 10.9. The molecule has 2 aromatic carbocycles. The zero-order chi connectivity index (χ0) is 17.7. The van der Waals surface area contributed by atoms with Gasteiger partial charge < -0.3 is 14.6 Å². The van der Waals surface area contributed by atoms with Crippen LogP contribution in [0.15, 0.2) is 47.4 Å². The zero-order valence-electron chi connectivity index (χ0n) is 13.1. The number of ether oxygens (including phenoxy) is 2. The van der Waals surface area contributed by atoms with Gasteiger partial charge in [0.25, 0.3) is 10.0 Å². The normalized spacial score (nSPS) is 10.9. The Morgan fingerprint density at radius 3 is 2.21 bits per heavy atom. The summed E-state index contributed by atoms with van der Waals surface area (Å²) in [6.07, 6.45) is -0.467. The van der Waals surface area contributed by atoms with Gasteiger partial charge in [-0.2, -0.15) is 0 Å². The van der Waals surface area contributed by atoms with Crippen LogP contribution < -0.4 is 14.2 Å². The number of hydrogen-bond acceptors (Lipinski definition) is 5. The molecule has 0 aromatic heterocycles. The summed E-state index contributed by atoms with van der Waals surface area (Å²) < 4.78 is 38.0. The number of rotatable bonds is 7. The third-order valence-electron chi connectivity index (χ3n) is 3.22. The molecular formula is C16H17NO6S. The maximum absolute atomic E-state index is 12.7. The minimum Gasteiger partial charge on any atom is -0.493 e. The van der Waals surface area contributed by atoms with Crippen molar-refractivity contribution in [2.45, 2.75) is 11.3 Å². The van der Waals surface area contributed by atoms with Crippen LogP contribution in [0.4, 0.5) is 5.69 Å². The molecule has 0 spiro atoms. The van der Waals surface area contributed by atoms with Crippen molar-refractivity contribution in [1.29, 1.82) is 0 Å². The van der Waals surface area contributed by atoms with Gasteiger partial charge in [-0.3, -0.25) is 9.52 Å². The van der Waals surface area contributed by atoms with Gasteiger partial charge in [0.1, 0.15) is 0 Å². The Balaban J connectivity index is 2.55. The molecule has 0 fully saturated rings. The number of benzene rings is 2. The molecule has 0 saturated carbocycles. The minimum absolute atomic E-state index is 0.101. The van der Waals surface area contributed by atoms with E-state index in [-0.39, 0.29) is 22.0 Å². The van der Waals surface area contributed by atoms with Crippen molar-refractivity contribution in [1.82, 2.24) is 0 Å². The van der Waals surface area contributed by atoms with Crippen LogP contribution in [0.3, 0.4) is 0 Å². The average molecular weight is 351 g/mol. The van der Waals surface area contributed by atoms with Crippen molar-refractivity contribution >= 4 is 21.7 Å². The molecule has 0 radical (unpaired) electrons. The molecule has 24 heavy (non-hydrogen) atoms. The Hall–Kier alpha value is -2.74. The molecule has 7 nitrogen and oxygen atoms in total. The molecule has 0 amide bonds. The molecule has 0 saturated heterocycles. The number of para-hydroxylation sites is 1. The van der Waals surface area contributed by atoms with Gasteiger partial charge in [0, 0.05) is 11.8 Å². The van der Waals surface area contributed by atoms with Crippen LogP contribution >= 0.6 is 0 Å². The second-order valence-corrected chi connectivity index (χ2v) is 6.51. The van der Waals surface area contributed by atoms with E-state index in [4.69, 9.17) is 14.6 Å². The summed E-state index contributed by atoms with van der Waals surface area (Å²) in [5.41, 5.74) is 0.470. The molecule has 128 valence electrons. The number of carbonyl (C=O) groups is 1.